The number of benzene rings is 1. The van der Waals surface area contributed by atoms with Crippen LogP contribution < -0.4 is 0 Å². The van der Waals surface area contributed by atoms with Crippen LogP contribution in [0.15, 0.2) is 41.6 Å². The van der Waals surface area contributed by atoms with E-state index in [9.17, 15) is 0 Å². The molecule has 0 radical (unpaired) electrons. The first-order chi connectivity index (χ1) is 12.3. The molecule has 4 nitrogen and oxygen atoms in total. The molecule has 1 aromatic carbocycles. The number of hydrogen-bond acceptors (Lipinski definition) is 4. The molecule has 0 bridgehead atoms. The highest BCUT2D eigenvalue weighted by molar-refractivity contribution is 5.92. The van der Waals surface area contributed by atoms with E-state index < -0.39 is 0 Å². The largest absolute Gasteiger partial charge is 0.382 e. The Kier molecular flexibility index (Phi) is 4.97. The third-order valence-electron chi connectivity index (χ3n) is 5.55. The third-order valence-corrected chi connectivity index (χ3v) is 5.55. The lowest BCUT2D eigenvalue weighted by Crippen LogP contribution is -2.31. The molecule has 2 aliphatic rings. The van der Waals surface area contributed by atoms with Crippen molar-refractivity contribution in [2.45, 2.75) is 50.5 Å². The van der Waals surface area contributed by atoms with Crippen molar-refractivity contribution in [3.05, 3.63) is 42.1 Å². The number of aromatic nitrogens is 1. The van der Waals surface area contributed by atoms with Gasteiger partial charge in [0, 0.05) is 36.9 Å². The van der Waals surface area contributed by atoms with E-state index in [0.717, 1.165) is 25.1 Å². The van der Waals surface area contributed by atoms with E-state index in [1.54, 1.807) is 7.11 Å². The van der Waals surface area contributed by atoms with Crippen molar-refractivity contribution in [3.8, 4) is 0 Å². The summed E-state index contributed by atoms with van der Waals surface area (Å²) in [6, 6.07) is 11.1. The molecule has 132 valence electrons. The van der Waals surface area contributed by atoms with Gasteiger partial charge in [0.1, 0.15) is 0 Å². The van der Waals surface area contributed by atoms with Crippen LogP contribution in [0.5, 0.6) is 0 Å². The van der Waals surface area contributed by atoms with Gasteiger partial charge in [-0.1, -0.05) is 24.6 Å². The Bertz CT molecular complexity index is 758. The lowest BCUT2D eigenvalue weighted by molar-refractivity contribution is 0.117. The predicted molar refractivity (Wildman–Crippen MR) is 102 cm³/mol. The molecule has 25 heavy (non-hydrogen) atoms. The van der Waals surface area contributed by atoms with Gasteiger partial charge in [-0.3, -0.25) is 9.99 Å². The van der Waals surface area contributed by atoms with Crippen molar-refractivity contribution in [1.29, 1.82) is 0 Å². The second-order valence-corrected chi connectivity index (χ2v) is 7.27. The Balaban J connectivity index is 1.62. The summed E-state index contributed by atoms with van der Waals surface area (Å²) in [6.07, 6.45) is 9.27. The summed E-state index contributed by atoms with van der Waals surface area (Å²) in [5.41, 5.74) is 3.73. The molecule has 2 atom stereocenters. The maximum atomic E-state index is 5.38. The smallest absolute Gasteiger partial charge is 0.0704 e. The lowest BCUT2D eigenvalue weighted by atomic mass is 9.82. The normalized spacial score (nSPS) is 25.8. The Hall–Kier alpha value is -1.94. The molecular formula is C21H27N3O. The van der Waals surface area contributed by atoms with Crippen LogP contribution in [0, 0.1) is 0 Å². The number of rotatable bonds is 4. The standard InChI is InChI=1S/C21H27N3O/c1-25-15-18-8-6-12-24(18)23-21-11-5-3-9-19(21)17-13-16-7-2-4-10-20(16)22-14-17/h2,4,7,10,13-14,18-19H,3,5-6,8-9,11-12,15H2,1H3/b23-21+/t18-,19?/m0/s1. The lowest BCUT2D eigenvalue weighted by Gasteiger charge is -2.28. The number of para-hydroxylation sites is 1. The van der Waals surface area contributed by atoms with Gasteiger partial charge in [-0.2, -0.15) is 5.10 Å². The zero-order valence-electron chi connectivity index (χ0n) is 15.0. The van der Waals surface area contributed by atoms with Gasteiger partial charge in [-0.25, -0.2) is 0 Å². The van der Waals surface area contributed by atoms with E-state index in [-0.39, 0.29) is 0 Å². The molecule has 0 N–H and O–H groups in total. The first-order valence-corrected chi connectivity index (χ1v) is 9.53. The minimum Gasteiger partial charge on any atom is -0.382 e. The number of hydrazone groups is 1. The van der Waals surface area contributed by atoms with Gasteiger partial charge in [-0.05, 0) is 49.8 Å². The van der Waals surface area contributed by atoms with E-state index in [2.05, 4.69) is 40.5 Å². The highest BCUT2D eigenvalue weighted by atomic mass is 16.5. The number of hydrogen-bond donors (Lipinski definition) is 0. The second kappa shape index (κ2) is 7.52. The van der Waals surface area contributed by atoms with E-state index in [0.29, 0.717) is 12.0 Å². The zero-order valence-corrected chi connectivity index (χ0v) is 15.0. The molecule has 4 heteroatoms. The molecule has 1 unspecified atom stereocenters. The third kappa shape index (κ3) is 3.54. The van der Waals surface area contributed by atoms with Gasteiger partial charge in [0.2, 0.25) is 0 Å². The SMILES string of the molecule is COC[C@@H]1CCCN1/N=C1\CCCCC1c1cnc2ccccc2c1. The summed E-state index contributed by atoms with van der Waals surface area (Å²) in [5, 5.41) is 8.62. The summed E-state index contributed by atoms with van der Waals surface area (Å²) >= 11 is 0. The molecular weight excluding hydrogens is 310 g/mol. The predicted octanol–water partition coefficient (Wildman–Crippen LogP) is 4.36. The van der Waals surface area contributed by atoms with Crippen molar-refractivity contribution < 1.29 is 4.74 Å². The molecule has 1 aliphatic carbocycles. The Morgan fingerprint density at radius 3 is 3.04 bits per heavy atom. The molecule has 2 aromatic rings. The Morgan fingerprint density at radius 1 is 1.20 bits per heavy atom. The number of methoxy groups -OCH3 is 1. The molecule has 4 rings (SSSR count). The summed E-state index contributed by atoms with van der Waals surface area (Å²) in [4.78, 5) is 4.68. The Labute approximate surface area is 149 Å². The van der Waals surface area contributed by atoms with Gasteiger partial charge in [0.15, 0.2) is 0 Å². The maximum absolute atomic E-state index is 5.38. The quantitative estimate of drug-likeness (QED) is 0.832. The van der Waals surface area contributed by atoms with E-state index in [4.69, 9.17) is 9.84 Å². The highest BCUT2D eigenvalue weighted by Gasteiger charge is 2.27. The van der Waals surface area contributed by atoms with Gasteiger partial charge in [0.25, 0.3) is 0 Å². The number of pyridine rings is 1. The van der Waals surface area contributed by atoms with Gasteiger partial charge in [-0.15, -0.1) is 0 Å². The highest BCUT2D eigenvalue weighted by Crippen LogP contribution is 2.33. The van der Waals surface area contributed by atoms with Crippen molar-refractivity contribution >= 4 is 16.6 Å². The fourth-order valence-electron chi connectivity index (χ4n) is 4.23. The molecule has 1 aliphatic heterocycles. The van der Waals surface area contributed by atoms with E-state index in [1.807, 2.05) is 6.07 Å². The van der Waals surface area contributed by atoms with Crippen molar-refractivity contribution in [3.63, 3.8) is 0 Å². The average Bonchev–Trinajstić information content (AvgIpc) is 3.09. The van der Waals surface area contributed by atoms with Gasteiger partial charge < -0.3 is 4.74 Å². The number of nitrogens with zero attached hydrogens (tertiary/aromatic N) is 3. The maximum Gasteiger partial charge on any atom is 0.0704 e. The molecule has 0 amide bonds. The summed E-state index contributed by atoms with van der Waals surface area (Å²) in [7, 11) is 1.79. The van der Waals surface area contributed by atoms with Crippen molar-refractivity contribution in [2.75, 3.05) is 20.3 Å². The molecule has 1 aromatic heterocycles. The fourth-order valence-corrected chi connectivity index (χ4v) is 4.23. The van der Waals surface area contributed by atoms with Crippen LogP contribution >= 0.6 is 0 Å². The van der Waals surface area contributed by atoms with Crippen LogP contribution in [0.1, 0.15) is 50.0 Å². The first-order valence-electron chi connectivity index (χ1n) is 9.53. The fraction of sp³-hybridized carbons (Fsp3) is 0.524. The number of ether oxygens (including phenoxy) is 1. The Morgan fingerprint density at radius 2 is 2.12 bits per heavy atom. The summed E-state index contributed by atoms with van der Waals surface area (Å²) < 4.78 is 5.38. The van der Waals surface area contributed by atoms with Crippen LogP contribution in [0.25, 0.3) is 10.9 Å². The van der Waals surface area contributed by atoms with E-state index in [1.165, 1.54) is 48.8 Å². The van der Waals surface area contributed by atoms with E-state index >= 15 is 0 Å². The second-order valence-electron chi connectivity index (χ2n) is 7.27. The number of fused-ring (bicyclic) bond motifs is 1. The molecule has 1 saturated heterocycles. The minimum absolute atomic E-state index is 0.412. The average molecular weight is 337 g/mol. The van der Waals surface area contributed by atoms with Gasteiger partial charge in [0.05, 0.1) is 18.2 Å². The van der Waals surface area contributed by atoms with Gasteiger partial charge >= 0.3 is 0 Å². The monoisotopic (exact) mass is 337 g/mol. The zero-order chi connectivity index (χ0) is 17.1. The molecule has 2 heterocycles. The minimum atomic E-state index is 0.412. The molecule has 2 fully saturated rings. The van der Waals surface area contributed by atoms with Crippen LogP contribution in [-0.2, 0) is 4.74 Å². The van der Waals surface area contributed by atoms with Crippen molar-refractivity contribution in [1.82, 2.24) is 9.99 Å². The summed E-state index contributed by atoms with van der Waals surface area (Å²) in [6.45, 7) is 1.83. The van der Waals surface area contributed by atoms with Crippen LogP contribution in [0.2, 0.25) is 0 Å². The van der Waals surface area contributed by atoms with Crippen LogP contribution in [-0.4, -0.2) is 42.0 Å². The first kappa shape index (κ1) is 16.5. The van der Waals surface area contributed by atoms with Crippen LogP contribution in [0.4, 0.5) is 0 Å². The van der Waals surface area contributed by atoms with Crippen LogP contribution in [0.3, 0.4) is 0 Å². The topological polar surface area (TPSA) is 37.7 Å². The summed E-state index contributed by atoms with van der Waals surface area (Å²) in [5.74, 6) is 0.412. The molecule has 1 saturated carbocycles. The van der Waals surface area contributed by atoms with Crippen molar-refractivity contribution in [2.24, 2.45) is 5.10 Å². The molecule has 0 spiro atoms.